The fraction of sp³-hybridized carbons (Fsp3) is 1.00. The fourth-order valence-electron chi connectivity index (χ4n) is 1.97. The molecule has 2 nitrogen and oxygen atoms in total. The SMILES string of the molecule is CC(C)CN1CCNCCC1(C)C. The van der Waals surface area contributed by atoms with Crippen molar-refractivity contribution < 1.29 is 0 Å². The van der Waals surface area contributed by atoms with Gasteiger partial charge in [-0.15, -0.1) is 0 Å². The first-order chi connectivity index (χ1) is 6.02. The molecule has 0 aromatic heterocycles. The molecule has 0 saturated carbocycles. The Hall–Kier alpha value is -0.0800. The van der Waals surface area contributed by atoms with Crippen LogP contribution in [0.1, 0.15) is 34.1 Å². The zero-order valence-electron chi connectivity index (χ0n) is 9.56. The second-order valence-electron chi connectivity index (χ2n) is 5.15. The second-order valence-corrected chi connectivity index (χ2v) is 5.15. The van der Waals surface area contributed by atoms with E-state index in [0.29, 0.717) is 5.54 Å². The third-order valence-electron chi connectivity index (χ3n) is 2.91. The zero-order chi connectivity index (χ0) is 9.90. The Bertz CT molecular complexity index is 152. The van der Waals surface area contributed by atoms with Crippen LogP contribution in [0.15, 0.2) is 0 Å². The van der Waals surface area contributed by atoms with Gasteiger partial charge >= 0.3 is 0 Å². The van der Waals surface area contributed by atoms with E-state index in [1.165, 1.54) is 26.1 Å². The molecule has 0 unspecified atom stereocenters. The van der Waals surface area contributed by atoms with Gasteiger partial charge in [0, 0.05) is 25.2 Å². The van der Waals surface area contributed by atoms with Crippen molar-refractivity contribution >= 4 is 0 Å². The summed E-state index contributed by atoms with van der Waals surface area (Å²) in [7, 11) is 0. The maximum absolute atomic E-state index is 3.46. The van der Waals surface area contributed by atoms with Gasteiger partial charge in [0.15, 0.2) is 0 Å². The Labute approximate surface area is 82.7 Å². The Morgan fingerprint density at radius 1 is 1.31 bits per heavy atom. The van der Waals surface area contributed by atoms with E-state index in [0.717, 1.165) is 12.5 Å². The average molecular weight is 184 g/mol. The molecular formula is C11H24N2. The van der Waals surface area contributed by atoms with Crippen LogP contribution >= 0.6 is 0 Å². The highest BCUT2D eigenvalue weighted by molar-refractivity contribution is 4.85. The summed E-state index contributed by atoms with van der Waals surface area (Å²) in [6.07, 6.45) is 1.26. The summed E-state index contributed by atoms with van der Waals surface area (Å²) in [6, 6.07) is 0. The van der Waals surface area contributed by atoms with Gasteiger partial charge in [0.05, 0.1) is 0 Å². The van der Waals surface area contributed by atoms with Gasteiger partial charge in [0.2, 0.25) is 0 Å². The summed E-state index contributed by atoms with van der Waals surface area (Å²) < 4.78 is 0. The highest BCUT2D eigenvalue weighted by atomic mass is 15.2. The fourth-order valence-corrected chi connectivity index (χ4v) is 1.97. The average Bonchev–Trinajstić information content (AvgIpc) is 2.13. The Balaban J connectivity index is 2.55. The van der Waals surface area contributed by atoms with E-state index in [1.54, 1.807) is 0 Å². The minimum absolute atomic E-state index is 0.383. The molecule has 0 aromatic carbocycles. The first-order valence-electron chi connectivity index (χ1n) is 5.48. The maximum Gasteiger partial charge on any atom is 0.0165 e. The predicted octanol–water partition coefficient (Wildman–Crippen LogP) is 1.72. The predicted molar refractivity (Wildman–Crippen MR) is 58.0 cm³/mol. The van der Waals surface area contributed by atoms with E-state index >= 15 is 0 Å². The summed E-state index contributed by atoms with van der Waals surface area (Å²) >= 11 is 0. The molecule has 1 rings (SSSR count). The van der Waals surface area contributed by atoms with Crippen LogP contribution in [0.3, 0.4) is 0 Å². The quantitative estimate of drug-likeness (QED) is 0.703. The van der Waals surface area contributed by atoms with Crippen LogP contribution in [0.25, 0.3) is 0 Å². The maximum atomic E-state index is 3.46. The lowest BCUT2D eigenvalue weighted by Gasteiger charge is -2.37. The van der Waals surface area contributed by atoms with Crippen LogP contribution in [0.2, 0.25) is 0 Å². The molecule has 1 fully saturated rings. The van der Waals surface area contributed by atoms with Crippen LogP contribution in [-0.2, 0) is 0 Å². The van der Waals surface area contributed by atoms with Gasteiger partial charge in [-0.25, -0.2) is 0 Å². The van der Waals surface area contributed by atoms with Crippen LogP contribution in [0, 0.1) is 5.92 Å². The lowest BCUT2D eigenvalue weighted by Crippen LogP contribution is -2.46. The molecule has 0 bridgehead atoms. The van der Waals surface area contributed by atoms with Crippen molar-refractivity contribution in [2.75, 3.05) is 26.2 Å². The lowest BCUT2D eigenvalue weighted by atomic mass is 9.97. The van der Waals surface area contributed by atoms with Crippen LogP contribution in [0.5, 0.6) is 0 Å². The number of nitrogens with one attached hydrogen (secondary N) is 1. The lowest BCUT2D eigenvalue weighted by molar-refractivity contribution is 0.113. The zero-order valence-corrected chi connectivity index (χ0v) is 9.56. The molecule has 0 radical (unpaired) electrons. The smallest absolute Gasteiger partial charge is 0.0165 e. The molecule has 1 aliphatic heterocycles. The number of rotatable bonds is 2. The summed E-state index contributed by atoms with van der Waals surface area (Å²) in [5.74, 6) is 0.775. The van der Waals surface area contributed by atoms with Crippen molar-refractivity contribution in [3.63, 3.8) is 0 Å². The monoisotopic (exact) mass is 184 g/mol. The normalized spacial score (nSPS) is 24.7. The molecule has 0 aliphatic carbocycles. The second kappa shape index (κ2) is 4.43. The molecular weight excluding hydrogens is 160 g/mol. The molecule has 78 valence electrons. The largest absolute Gasteiger partial charge is 0.315 e. The first-order valence-corrected chi connectivity index (χ1v) is 5.48. The van der Waals surface area contributed by atoms with Crippen molar-refractivity contribution in [3.05, 3.63) is 0 Å². The molecule has 1 saturated heterocycles. The van der Waals surface area contributed by atoms with E-state index in [1.807, 2.05) is 0 Å². The van der Waals surface area contributed by atoms with E-state index < -0.39 is 0 Å². The Kier molecular flexibility index (Phi) is 3.74. The van der Waals surface area contributed by atoms with E-state index in [2.05, 4.69) is 37.9 Å². The third-order valence-corrected chi connectivity index (χ3v) is 2.91. The van der Waals surface area contributed by atoms with Gasteiger partial charge in [-0.3, -0.25) is 4.90 Å². The topological polar surface area (TPSA) is 15.3 Å². The standard InChI is InChI=1S/C11H24N2/c1-10(2)9-13-8-7-12-6-5-11(13,3)4/h10,12H,5-9H2,1-4H3. The molecule has 1 heterocycles. The van der Waals surface area contributed by atoms with Gasteiger partial charge in [0.25, 0.3) is 0 Å². The molecule has 1 N–H and O–H groups in total. The van der Waals surface area contributed by atoms with Gasteiger partial charge in [-0.05, 0) is 32.7 Å². The van der Waals surface area contributed by atoms with Crippen molar-refractivity contribution in [1.82, 2.24) is 10.2 Å². The van der Waals surface area contributed by atoms with Crippen molar-refractivity contribution in [2.24, 2.45) is 5.92 Å². The van der Waals surface area contributed by atoms with Crippen molar-refractivity contribution in [2.45, 2.75) is 39.7 Å². The van der Waals surface area contributed by atoms with Crippen LogP contribution in [-0.4, -0.2) is 36.6 Å². The molecule has 0 spiro atoms. The van der Waals surface area contributed by atoms with Crippen molar-refractivity contribution in [1.29, 1.82) is 0 Å². The Morgan fingerprint density at radius 2 is 2.00 bits per heavy atom. The summed E-state index contributed by atoms with van der Waals surface area (Å²) in [4.78, 5) is 2.62. The molecule has 0 aromatic rings. The highest BCUT2D eigenvalue weighted by Gasteiger charge is 2.27. The summed E-state index contributed by atoms with van der Waals surface area (Å²) in [6.45, 7) is 14.1. The van der Waals surface area contributed by atoms with E-state index in [4.69, 9.17) is 0 Å². The van der Waals surface area contributed by atoms with Crippen LogP contribution < -0.4 is 5.32 Å². The van der Waals surface area contributed by atoms with Crippen LogP contribution in [0.4, 0.5) is 0 Å². The molecule has 13 heavy (non-hydrogen) atoms. The number of hydrogen-bond donors (Lipinski definition) is 1. The third kappa shape index (κ3) is 3.28. The first kappa shape index (κ1) is 11.0. The van der Waals surface area contributed by atoms with E-state index in [-0.39, 0.29) is 0 Å². The highest BCUT2D eigenvalue weighted by Crippen LogP contribution is 2.20. The molecule has 0 amide bonds. The van der Waals surface area contributed by atoms with Gasteiger partial charge < -0.3 is 5.32 Å². The number of hydrogen-bond acceptors (Lipinski definition) is 2. The summed E-state index contributed by atoms with van der Waals surface area (Å²) in [5, 5.41) is 3.46. The molecule has 2 heteroatoms. The Morgan fingerprint density at radius 3 is 2.62 bits per heavy atom. The van der Waals surface area contributed by atoms with E-state index in [9.17, 15) is 0 Å². The van der Waals surface area contributed by atoms with Gasteiger partial charge in [-0.1, -0.05) is 13.8 Å². The minimum Gasteiger partial charge on any atom is -0.315 e. The molecule has 1 aliphatic rings. The van der Waals surface area contributed by atoms with Crippen molar-refractivity contribution in [3.8, 4) is 0 Å². The number of nitrogens with zero attached hydrogens (tertiary/aromatic N) is 1. The summed E-state index contributed by atoms with van der Waals surface area (Å²) in [5.41, 5.74) is 0.383. The van der Waals surface area contributed by atoms with Gasteiger partial charge in [-0.2, -0.15) is 0 Å². The van der Waals surface area contributed by atoms with Gasteiger partial charge in [0.1, 0.15) is 0 Å². The minimum atomic E-state index is 0.383. The molecule has 0 atom stereocenters.